The van der Waals surface area contributed by atoms with Crippen LogP contribution in [-0.2, 0) is 9.59 Å². The fraction of sp³-hybridized carbons (Fsp3) is 0.300. The molecule has 0 aliphatic carbocycles. The minimum Gasteiger partial charge on any atom is -0.507 e. The Balaban J connectivity index is 2.21. The Kier molecular flexibility index (Phi) is 4.77. The third-order valence-electron chi connectivity index (χ3n) is 4.47. The molecule has 1 aliphatic heterocycles. The molecule has 1 aliphatic rings. The van der Waals surface area contributed by atoms with Gasteiger partial charge in [0.15, 0.2) is 0 Å². The van der Waals surface area contributed by atoms with E-state index in [2.05, 4.69) is 0 Å². The zero-order chi connectivity index (χ0) is 18.1. The Labute approximate surface area is 151 Å². The van der Waals surface area contributed by atoms with Crippen molar-refractivity contribution in [2.45, 2.75) is 33.2 Å². The van der Waals surface area contributed by atoms with E-state index in [9.17, 15) is 14.7 Å². The molecule has 1 aromatic carbocycles. The van der Waals surface area contributed by atoms with E-state index in [4.69, 9.17) is 0 Å². The van der Waals surface area contributed by atoms with Gasteiger partial charge in [-0.3, -0.25) is 9.59 Å². The summed E-state index contributed by atoms with van der Waals surface area (Å²) in [4.78, 5) is 27.7. The highest BCUT2D eigenvalue weighted by molar-refractivity contribution is 7.10. The second-order valence-electron chi connectivity index (χ2n) is 6.33. The molecular formula is C20H21NO3S. The van der Waals surface area contributed by atoms with E-state index in [1.165, 1.54) is 11.3 Å². The molecule has 0 spiro atoms. The van der Waals surface area contributed by atoms with Crippen LogP contribution in [0.15, 0.2) is 41.3 Å². The molecule has 1 amide bonds. The summed E-state index contributed by atoms with van der Waals surface area (Å²) in [5.74, 6) is -1.23. The van der Waals surface area contributed by atoms with Crippen LogP contribution >= 0.6 is 11.3 Å². The van der Waals surface area contributed by atoms with Gasteiger partial charge in [0.25, 0.3) is 11.7 Å². The number of aryl methyl sites for hydroxylation is 2. The molecule has 4 nitrogen and oxygen atoms in total. The number of aliphatic hydroxyl groups excluding tert-OH is 1. The summed E-state index contributed by atoms with van der Waals surface area (Å²) in [6, 6.07) is 9.00. The number of likely N-dealkylation sites (tertiary alicyclic amines) is 1. The van der Waals surface area contributed by atoms with E-state index in [1.807, 2.05) is 56.5 Å². The molecule has 1 N–H and O–H groups in total. The van der Waals surface area contributed by atoms with E-state index in [0.29, 0.717) is 12.1 Å². The van der Waals surface area contributed by atoms with Gasteiger partial charge in [0.2, 0.25) is 0 Å². The van der Waals surface area contributed by atoms with E-state index in [0.717, 1.165) is 22.4 Å². The summed E-state index contributed by atoms with van der Waals surface area (Å²) in [7, 11) is 0. The third-order valence-corrected chi connectivity index (χ3v) is 5.39. The van der Waals surface area contributed by atoms with Crippen LogP contribution in [0.25, 0.3) is 5.76 Å². The molecule has 1 aromatic heterocycles. The van der Waals surface area contributed by atoms with Gasteiger partial charge in [-0.25, -0.2) is 0 Å². The zero-order valence-corrected chi connectivity index (χ0v) is 15.4. The molecule has 1 atom stereocenters. The van der Waals surface area contributed by atoms with Crippen molar-refractivity contribution in [1.82, 2.24) is 4.90 Å². The normalized spacial score (nSPS) is 19.6. The number of aliphatic hydroxyl groups is 1. The van der Waals surface area contributed by atoms with Gasteiger partial charge < -0.3 is 10.0 Å². The molecule has 0 radical (unpaired) electrons. The fourth-order valence-corrected chi connectivity index (χ4v) is 4.08. The SMILES string of the molecule is CCCN1C(=O)C(=O)/C(=C(\O)c2cc(C)ccc2C)C1c1cccs1. The molecule has 2 heterocycles. The smallest absolute Gasteiger partial charge is 0.295 e. The highest BCUT2D eigenvalue weighted by Crippen LogP contribution is 2.41. The van der Waals surface area contributed by atoms with Crippen LogP contribution in [0.5, 0.6) is 0 Å². The van der Waals surface area contributed by atoms with Gasteiger partial charge in [-0.1, -0.05) is 30.7 Å². The van der Waals surface area contributed by atoms with E-state index < -0.39 is 17.7 Å². The molecule has 25 heavy (non-hydrogen) atoms. The third kappa shape index (κ3) is 3.00. The molecule has 0 saturated carbocycles. The van der Waals surface area contributed by atoms with Gasteiger partial charge in [0.1, 0.15) is 5.76 Å². The van der Waals surface area contributed by atoms with Crippen molar-refractivity contribution < 1.29 is 14.7 Å². The van der Waals surface area contributed by atoms with Gasteiger partial charge in [-0.05, 0) is 43.3 Å². The van der Waals surface area contributed by atoms with Crippen LogP contribution in [0.3, 0.4) is 0 Å². The van der Waals surface area contributed by atoms with Crippen molar-refractivity contribution >= 4 is 28.8 Å². The van der Waals surface area contributed by atoms with Gasteiger partial charge in [0, 0.05) is 17.0 Å². The van der Waals surface area contributed by atoms with Crippen molar-refractivity contribution in [2.75, 3.05) is 6.54 Å². The predicted molar refractivity (Wildman–Crippen MR) is 99.5 cm³/mol. The minimum atomic E-state index is -0.606. The molecular weight excluding hydrogens is 334 g/mol. The summed E-state index contributed by atoms with van der Waals surface area (Å²) in [5, 5.41) is 12.9. The summed E-state index contributed by atoms with van der Waals surface area (Å²) in [5.41, 5.74) is 2.66. The van der Waals surface area contributed by atoms with Crippen LogP contribution in [0, 0.1) is 13.8 Å². The number of thiophene rings is 1. The van der Waals surface area contributed by atoms with E-state index in [-0.39, 0.29) is 11.3 Å². The Bertz CT molecular complexity index is 852. The Morgan fingerprint density at radius 3 is 2.64 bits per heavy atom. The average molecular weight is 355 g/mol. The fourth-order valence-electron chi connectivity index (χ4n) is 3.23. The molecule has 2 aromatic rings. The van der Waals surface area contributed by atoms with Crippen molar-refractivity contribution in [1.29, 1.82) is 0 Å². The molecule has 0 bridgehead atoms. The van der Waals surface area contributed by atoms with E-state index >= 15 is 0 Å². The zero-order valence-electron chi connectivity index (χ0n) is 14.6. The van der Waals surface area contributed by atoms with Crippen molar-refractivity contribution in [3.8, 4) is 0 Å². The standard InChI is InChI=1S/C20H21NO3S/c1-4-9-21-17(15-6-5-10-25-15)16(19(23)20(21)24)18(22)14-11-12(2)7-8-13(14)3/h5-8,10-11,17,22H,4,9H2,1-3H3/b18-16-. The lowest BCUT2D eigenvalue weighted by Gasteiger charge is -2.23. The highest BCUT2D eigenvalue weighted by atomic mass is 32.1. The van der Waals surface area contributed by atoms with Gasteiger partial charge in [0.05, 0.1) is 11.6 Å². The van der Waals surface area contributed by atoms with Crippen LogP contribution in [0.2, 0.25) is 0 Å². The lowest BCUT2D eigenvalue weighted by molar-refractivity contribution is -0.139. The molecule has 1 unspecified atom stereocenters. The Morgan fingerprint density at radius 2 is 2.00 bits per heavy atom. The maximum atomic E-state index is 12.7. The molecule has 5 heteroatoms. The number of Topliss-reactive ketones (excluding diaryl/α,β-unsaturated/α-hetero) is 1. The van der Waals surface area contributed by atoms with Gasteiger partial charge in [-0.2, -0.15) is 0 Å². The maximum absolute atomic E-state index is 12.7. The molecule has 130 valence electrons. The first-order chi connectivity index (χ1) is 12.0. The summed E-state index contributed by atoms with van der Waals surface area (Å²) >= 11 is 1.49. The van der Waals surface area contributed by atoms with Crippen molar-refractivity contribution in [3.63, 3.8) is 0 Å². The summed E-state index contributed by atoms with van der Waals surface area (Å²) in [6.07, 6.45) is 0.748. The number of carbonyl (C=O) groups is 2. The second-order valence-corrected chi connectivity index (χ2v) is 7.31. The molecule has 1 fully saturated rings. The first-order valence-electron chi connectivity index (χ1n) is 8.35. The lowest BCUT2D eigenvalue weighted by atomic mass is 9.96. The molecule has 3 rings (SSSR count). The largest absolute Gasteiger partial charge is 0.507 e. The number of hydrogen-bond acceptors (Lipinski definition) is 4. The van der Waals surface area contributed by atoms with Crippen molar-refractivity contribution in [3.05, 3.63) is 62.9 Å². The number of carbonyl (C=O) groups excluding carboxylic acids is 2. The maximum Gasteiger partial charge on any atom is 0.295 e. The number of benzene rings is 1. The summed E-state index contributed by atoms with van der Waals surface area (Å²) in [6.45, 7) is 6.27. The second kappa shape index (κ2) is 6.84. The monoisotopic (exact) mass is 355 g/mol. The van der Waals surface area contributed by atoms with Crippen LogP contribution in [0.4, 0.5) is 0 Å². The van der Waals surface area contributed by atoms with Crippen molar-refractivity contribution in [2.24, 2.45) is 0 Å². The van der Waals surface area contributed by atoms with E-state index in [1.54, 1.807) is 4.90 Å². The minimum absolute atomic E-state index is 0.0865. The number of rotatable bonds is 4. The first kappa shape index (κ1) is 17.4. The number of nitrogens with zero attached hydrogens (tertiary/aromatic N) is 1. The Morgan fingerprint density at radius 1 is 1.24 bits per heavy atom. The summed E-state index contributed by atoms with van der Waals surface area (Å²) < 4.78 is 0. The molecule has 1 saturated heterocycles. The number of amides is 1. The van der Waals surface area contributed by atoms with Crippen LogP contribution < -0.4 is 0 Å². The van der Waals surface area contributed by atoms with Crippen LogP contribution in [-0.4, -0.2) is 28.2 Å². The average Bonchev–Trinajstić information content (AvgIpc) is 3.19. The highest BCUT2D eigenvalue weighted by Gasteiger charge is 2.46. The quantitative estimate of drug-likeness (QED) is 0.508. The number of ketones is 1. The van der Waals surface area contributed by atoms with Crippen LogP contribution in [0.1, 0.15) is 41.0 Å². The first-order valence-corrected chi connectivity index (χ1v) is 9.23. The topological polar surface area (TPSA) is 57.6 Å². The van der Waals surface area contributed by atoms with Gasteiger partial charge in [-0.15, -0.1) is 11.3 Å². The van der Waals surface area contributed by atoms with Gasteiger partial charge >= 0.3 is 0 Å². The number of hydrogen-bond donors (Lipinski definition) is 1. The predicted octanol–water partition coefficient (Wildman–Crippen LogP) is 4.20. The Hall–Kier alpha value is -2.40. The lowest BCUT2D eigenvalue weighted by Crippen LogP contribution is -2.30.